The molecule has 0 saturated heterocycles. The van der Waals surface area contributed by atoms with Gasteiger partial charge in [-0.25, -0.2) is 0 Å². The number of ether oxygens (including phenoxy) is 1. The van der Waals surface area contributed by atoms with E-state index in [2.05, 4.69) is 50.2 Å². The number of aryl methyl sites for hydroxylation is 1. The molecule has 2 aromatic carbocycles. The average Bonchev–Trinajstić information content (AvgIpc) is 2.46. The molecule has 0 saturated carbocycles. The van der Waals surface area contributed by atoms with E-state index >= 15 is 0 Å². The van der Waals surface area contributed by atoms with Gasteiger partial charge in [0.15, 0.2) is 0 Å². The zero-order valence-electron chi connectivity index (χ0n) is 11.3. The standard InChI is InChI=1S/C17H20O/c1-4-14-8-10-15(11-9-14)13(2)16-6-5-7-17(12-16)18-3/h5-13H,4H2,1-3H3. The molecule has 1 heteroatoms. The number of hydrogen-bond acceptors (Lipinski definition) is 1. The Morgan fingerprint density at radius 1 is 1.00 bits per heavy atom. The van der Waals surface area contributed by atoms with Crippen LogP contribution in [-0.2, 0) is 6.42 Å². The van der Waals surface area contributed by atoms with Crippen LogP contribution in [0.4, 0.5) is 0 Å². The Morgan fingerprint density at radius 3 is 2.33 bits per heavy atom. The van der Waals surface area contributed by atoms with Crippen molar-refractivity contribution in [3.8, 4) is 5.75 Å². The van der Waals surface area contributed by atoms with Gasteiger partial charge in [-0.2, -0.15) is 0 Å². The first kappa shape index (κ1) is 12.7. The minimum Gasteiger partial charge on any atom is -0.497 e. The molecule has 0 fully saturated rings. The molecule has 0 aliphatic rings. The van der Waals surface area contributed by atoms with Crippen LogP contribution in [0, 0.1) is 0 Å². The van der Waals surface area contributed by atoms with Gasteiger partial charge in [0.2, 0.25) is 0 Å². The van der Waals surface area contributed by atoms with Gasteiger partial charge in [-0.3, -0.25) is 0 Å². The highest BCUT2D eigenvalue weighted by molar-refractivity contribution is 5.37. The molecule has 0 radical (unpaired) electrons. The van der Waals surface area contributed by atoms with Gasteiger partial charge in [-0.05, 0) is 35.2 Å². The van der Waals surface area contributed by atoms with E-state index in [-0.39, 0.29) is 0 Å². The van der Waals surface area contributed by atoms with Gasteiger partial charge in [0.25, 0.3) is 0 Å². The summed E-state index contributed by atoms with van der Waals surface area (Å²) in [6.07, 6.45) is 1.09. The maximum atomic E-state index is 5.28. The third-order valence-electron chi connectivity index (χ3n) is 3.48. The van der Waals surface area contributed by atoms with E-state index in [0.29, 0.717) is 5.92 Å². The summed E-state index contributed by atoms with van der Waals surface area (Å²) in [5.41, 5.74) is 4.02. The molecular formula is C17H20O. The van der Waals surface area contributed by atoms with Gasteiger partial charge < -0.3 is 4.74 Å². The molecule has 0 N–H and O–H groups in total. The fourth-order valence-electron chi connectivity index (χ4n) is 2.15. The van der Waals surface area contributed by atoms with Crippen LogP contribution < -0.4 is 4.74 Å². The van der Waals surface area contributed by atoms with Gasteiger partial charge in [0.1, 0.15) is 5.75 Å². The lowest BCUT2D eigenvalue weighted by molar-refractivity contribution is 0.414. The second kappa shape index (κ2) is 5.72. The van der Waals surface area contributed by atoms with Gasteiger partial charge in [-0.15, -0.1) is 0 Å². The van der Waals surface area contributed by atoms with E-state index in [1.807, 2.05) is 12.1 Å². The first-order valence-electron chi connectivity index (χ1n) is 6.47. The highest BCUT2D eigenvalue weighted by atomic mass is 16.5. The molecule has 0 heterocycles. The van der Waals surface area contributed by atoms with Crippen LogP contribution in [0.3, 0.4) is 0 Å². The molecule has 0 aromatic heterocycles. The van der Waals surface area contributed by atoms with Crippen LogP contribution in [0.2, 0.25) is 0 Å². The van der Waals surface area contributed by atoms with E-state index < -0.39 is 0 Å². The fraction of sp³-hybridized carbons (Fsp3) is 0.294. The SMILES string of the molecule is CCc1ccc(C(C)c2cccc(OC)c2)cc1. The first-order valence-corrected chi connectivity index (χ1v) is 6.47. The van der Waals surface area contributed by atoms with E-state index in [4.69, 9.17) is 4.74 Å². The molecule has 0 aliphatic carbocycles. The van der Waals surface area contributed by atoms with Crippen molar-refractivity contribution in [2.75, 3.05) is 7.11 Å². The van der Waals surface area contributed by atoms with Crippen molar-refractivity contribution in [2.24, 2.45) is 0 Å². The van der Waals surface area contributed by atoms with Crippen LogP contribution in [-0.4, -0.2) is 7.11 Å². The molecule has 2 aromatic rings. The van der Waals surface area contributed by atoms with Crippen molar-refractivity contribution in [1.82, 2.24) is 0 Å². The third kappa shape index (κ3) is 2.73. The second-order valence-corrected chi connectivity index (χ2v) is 4.59. The lowest BCUT2D eigenvalue weighted by atomic mass is 9.92. The van der Waals surface area contributed by atoms with Gasteiger partial charge in [0.05, 0.1) is 7.11 Å². The summed E-state index contributed by atoms with van der Waals surface area (Å²) < 4.78 is 5.28. The third-order valence-corrected chi connectivity index (χ3v) is 3.48. The predicted molar refractivity (Wildman–Crippen MR) is 76.3 cm³/mol. The molecule has 0 amide bonds. The van der Waals surface area contributed by atoms with E-state index in [9.17, 15) is 0 Å². The lowest BCUT2D eigenvalue weighted by Crippen LogP contribution is -1.97. The Morgan fingerprint density at radius 2 is 1.72 bits per heavy atom. The van der Waals surface area contributed by atoms with Crippen LogP contribution in [0.25, 0.3) is 0 Å². The molecular weight excluding hydrogens is 220 g/mol. The number of rotatable bonds is 4. The molecule has 94 valence electrons. The van der Waals surface area contributed by atoms with Crippen molar-refractivity contribution in [2.45, 2.75) is 26.2 Å². The van der Waals surface area contributed by atoms with Crippen LogP contribution in [0.15, 0.2) is 48.5 Å². The van der Waals surface area contributed by atoms with Crippen LogP contribution in [0.5, 0.6) is 5.75 Å². The van der Waals surface area contributed by atoms with Gasteiger partial charge in [-0.1, -0.05) is 50.2 Å². The molecule has 0 bridgehead atoms. The van der Waals surface area contributed by atoms with E-state index in [1.165, 1.54) is 16.7 Å². The maximum Gasteiger partial charge on any atom is 0.119 e. The van der Waals surface area contributed by atoms with E-state index in [0.717, 1.165) is 12.2 Å². The van der Waals surface area contributed by atoms with Crippen molar-refractivity contribution >= 4 is 0 Å². The Kier molecular flexibility index (Phi) is 4.03. The summed E-state index contributed by atoms with van der Waals surface area (Å²) >= 11 is 0. The summed E-state index contributed by atoms with van der Waals surface area (Å²) in [7, 11) is 1.71. The monoisotopic (exact) mass is 240 g/mol. The Bertz CT molecular complexity index is 499. The molecule has 1 atom stereocenters. The minimum atomic E-state index is 0.394. The average molecular weight is 240 g/mol. The maximum absolute atomic E-state index is 5.28. The Balaban J connectivity index is 2.25. The Hall–Kier alpha value is -1.76. The van der Waals surface area contributed by atoms with Crippen molar-refractivity contribution in [3.05, 3.63) is 65.2 Å². The minimum absolute atomic E-state index is 0.394. The summed E-state index contributed by atoms with van der Waals surface area (Å²) in [6, 6.07) is 17.2. The topological polar surface area (TPSA) is 9.23 Å². The number of benzene rings is 2. The largest absolute Gasteiger partial charge is 0.497 e. The quantitative estimate of drug-likeness (QED) is 0.769. The molecule has 1 unspecified atom stereocenters. The molecule has 2 rings (SSSR count). The normalized spacial score (nSPS) is 12.2. The molecule has 18 heavy (non-hydrogen) atoms. The van der Waals surface area contributed by atoms with Crippen molar-refractivity contribution in [1.29, 1.82) is 0 Å². The second-order valence-electron chi connectivity index (χ2n) is 4.59. The zero-order chi connectivity index (χ0) is 13.0. The van der Waals surface area contributed by atoms with Crippen molar-refractivity contribution < 1.29 is 4.74 Å². The predicted octanol–water partition coefficient (Wildman–Crippen LogP) is 4.41. The van der Waals surface area contributed by atoms with E-state index in [1.54, 1.807) is 7.11 Å². The highest BCUT2D eigenvalue weighted by Gasteiger charge is 2.08. The fourth-order valence-corrected chi connectivity index (χ4v) is 2.15. The summed E-state index contributed by atoms with van der Waals surface area (Å²) in [6.45, 7) is 4.41. The lowest BCUT2D eigenvalue weighted by Gasteiger charge is -2.14. The Labute approximate surface area is 109 Å². The van der Waals surface area contributed by atoms with Crippen LogP contribution >= 0.6 is 0 Å². The molecule has 0 aliphatic heterocycles. The molecule has 0 spiro atoms. The first-order chi connectivity index (χ1) is 8.74. The van der Waals surface area contributed by atoms with Gasteiger partial charge in [0, 0.05) is 5.92 Å². The summed E-state index contributed by atoms with van der Waals surface area (Å²) in [4.78, 5) is 0. The highest BCUT2D eigenvalue weighted by Crippen LogP contribution is 2.26. The smallest absolute Gasteiger partial charge is 0.119 e. The van der Waals surface area contributed by atoms with Gasteiger partial charge >= 0.3 is 0 Å². The van der Waals surface area contributed by atoms with Crippen LogP contribution in [0.1, 0.15) is 36.5 Å². The summed E-state index contributed by atoms with van der Waals surface area (Å²) in [5.74, 6) is 1.32. The zero-order valence-corrected chi connectivity index (χ0v) is 11.3. The number of hydrogen-bond donors (Lipinski definition) is 0. The number of methoxy groups -OCH3 is 1. The van der Waals surface area contributed by atoms with Crippen molar-refractivity contribution in [3.63, 3.8) is 0 Å². The summed E-state index contributed by atoms with van der Waals surface area (Å²) in [5, 5.41) is 0. The molecule has 1 nitrogen and oxygen atoms in total.